The molecule has 2 N–H and O–H groups in total. The topological polar surface area (TPSA) is 54.9 Å². The van der Waals surface area contributed by atoms with Crippen molar-refractivity contribution in [3.8, 4) is 0 Å². The molecule has 0 radical (unpaired) electrons. The van der Waals surface area contributed by atoms with Gasteiger partial charge < -0.3 is 20.1 Å². The number of aryl methyl sites for hydroxylation is 1. The molecule has 134 valence electrons. The molecule has 1 saturated heterocycles. The quantitative estimate of drug-likeness (QED) is 0.414. The summed E-state index contributed by atoms with van der Waals surface area (Å²) in [4.78, 5) is 4.25. The van der Waals surface area contributed by atoms with Gasteiger partial charge in [0.15, 0.2) is 5.96 Å². The lowest BCUT2D eigenvalue weighted by Gasteiger charge is -2.13. The number of guanidine groups is 1. The van der Waals surface area contributed by atoms with Gasteiger partial charge in [0.05, 0.1) is 12.7 Å². The molecular weight excluding hydrogens is 302 g/mol. The minimum absolute atomic E-state index is 0.314. The number of nitrogens with zero attached hydrogens (tertiary/aromatic N) is 1. The molecule has 1 aromatic carbocycles. The third-order valence-corrected chi connectivity index (χ3v) is 4.10. The van der Waals surface area contributed by atoms with Crippen molar-refractivity contribution in [2.24, 2.45) is 4.99 Å². The summed E-state index contributed by atoms with van der Waals surface area (Å²) < 4.78 is 11.2. The van der Waals surface area contributed by atoms with Crippen molar-refractivity contribution in [2.45, 2.75) is 38.7 Å². The number of ether oxygens (including phenoxy) is 2. The molecule has 1 aromatic rings. The van der Waals surface area contributed by atoms with Crippen LogP contribution in [0.5, 0.6) is 0 Å². The van der Waals surface area contributed by atoms with Crippen molar-refractivity contribution >= 4 is 5.96 Å². The minimum atomic E-state index is 0.314. The number of hydrogen-bond acceptors (Lipinski definition) is 3. The molecule has 5 nitrogen and oxygen atoms in total. The van der Waals surface area contributed by atoms with E-state index >= 15 is 0 Å². The van der Waals surface area contributed by atoms with E-state index in [9.17, 15) is 0 Å². The molecule has 1 fully saturated rings. The summed E-state index contributed by atoms with van der Waals surface area (Å²) >= 11 is 0. The summed E-state index contributed by atoms with van der Waals surface area (Å²) in [5.41, 5.74) is 2.65. The molecule has 2 rings (SSSR count). The van der Waals surface area contributed by atoms with Crippen LogP contribution < -0.4 is 10.6 Å². The van der Waals surface area contributed by atoms with E-state index in [1.54, 1.807) is 7.05 Å². The highest BCUT2D eigenvalue weighted by molar-refractivity contribution is 5.79. The SMILES string of the molecule is CN=C(NCCCOCC1CCCO1)NCCc1cccc(C)c1. The summed E-state index contributed by atoms with van der Waals surface area (Å²) in [5.74, 6) is 0.849. The first-order valence-electron chi connectivity index (χ1n) is 8.97. The smallest absolute Gasteiger partial charge is 0.190 e. The second kappa shape index (κ2) is 11.0. The fourth-order valence-electron chi connectivity index (χ4n) is 2.79. The maximum absolute atomic E-state index is 5.66. The number of rotatable bonds is 9. The Kier molecular flexibility index (Phi) is 8.63. The Balaban J connectivity index is 1.50. The van der Waals surface area contributed by atoms with Gasteiger partial charge in [0.1, 0.15) is 0 Å². The number of aliphatic imine (C=N–C) groups is 1. The number of nitrogens with one attached hydrogen (secondary N) is 2. The van der Waals surface area contributed by atoms with Crippen LogP contribution in [0.15, 0.2) is 29.3 Å². The van der Waals surface area contributed by atoms with Gasteiger partial charge in [-0.1, -0.05) is 29.8 Å². The van der Waals surface area contributed by atoms with Gasteiger partial charge in [-0.05, 0) is 38.2 Å². The average molecular weight is 333 g/mol. The Morgan fingerprint density at radius 1 is 1.33 bits per heavy atom. The molecular formula is C19H31N3O2. The van der Waals surface area contributed by atoms with Crippen LogP contribution in [0.3, 0.4) is 0 Å². The van der Waals surface area contributed by atoms with E-state index in [0.29, 0.717) is 6.10 Å². The van der Waals surface area contributed by atoms with Crippen molar-refractivity contribution in [3.05, 3.63) is 35.4 Å². The van der Waals surface area contributed by atoms with Crippen LogP contribution >= 0.6 is 0 Å². The van der Waals surface area contributed by atoms with Gasteiger partial charge in [-0.15, -0.1) is 0 Å². The van der Waals surface area contributed by atoms with E-state index in [1.165, 1.54) is 17.5 Å². The van der Waals surface area contributed by atoms with Gasteiger partial charge in [-0.2, -0.15) is 0 Å². The zero-order chi connectivity index (χ0) is 17.0. The molecule has 1 aliphatic rings. The highest BCUT2D eigenvalue weighted by Crippen LogP contribution is 2.11. The second-order valence-corrected chi connectivity index (χ2v) is 6.23. The number of hydrogen-bond donors (Lipinski definition) is 2. The van der Waals surface area contributed by atoms with Crippen LogP contribution in [0.25, 0.3) is 0 Å². The van der Waals surface area contributed by atoms with Crippen LogP contribution in [0.4, 0.5) is 0 Å². The Hall–Kier alpha value is -1.59. The predicted octanol–water partition coefficient (Wildman–Crippen LogP) is 2.29. The molecule has 0 aliphatic carbocycles. The first kappa shape index (κ1) is 18.7. The zero-order valence-electron chi connectivity index (χ0n) is 15.0. The Labute approximate surface area is 145 Å². The molecule has 5 heteroatoms. The molecule has 24 heavy (non-hydrogen) atoms. The van der Waals surface area contributed by atoms with Gasteiger partial charge >= 0.3 is 0 Å². The summed E-state index contributed by atoms with van der Waals surface area (Å²) in [6.45, 7) is 6.23. The van der Waals surface area contributed by atoms with Crippen molar-refractivity contribution in [3.63, 3.8) is 0 Å². The van der Waals surface area contributed by atoms with Gasteiger partial charge in [-0.25, -0.2) is 0 Å². The van der Waals surface area contributed by atoms with Crippen LogP contribution in [-0.2, 0) is 15.9 Å². The Bertz CT molecular complexity index is 499. The molecule has 0 bridgehead atoms. The lowest BCUT2D eigenvalue weighted by Crippen LogP contribution is -2.39. The third kappa shape index (κ3) is 7.32. The second-order valence-electron chi connectivity index (χ2n) is 6.23. The van der Waals surface area contributed by atoms with E-state index in [1.807, 2.05) is 0 Å². The van der Waals surface area contributed by atoms with Crippen molar-refractivity contribution in [1.82, 2.24) is 10.6 Å². The molecule has 1 unspecified atom stereocenters. The van der Waals surface area contributed by atoms with Gasteiger partial charge in [0.2, 0.25) is 0 Å². The summed E-state index contributed by atoms with van der Waals surface area (Å²) in [6, 6.07) is 8.62. The van der Waals surface area contributed by atoms with Crippen molar-refractivity contribution in [1.29, 1.82) is 0 Å². The fraction of sp³-hybridized carbons (Fsp3) is 0.632. The summed E-state index contributed by atoms with van der Waals surface area (Å²) in [7, 11) is 1.80. The largest absolute Gasteiger partial charge is 0.379 e. The monoisotopic (exact) mass is 333 g/mol. The Morgan fingerprint density at radius 3 is 2.96 bits per heavy atom. The maximum atomic E-state index is 5.66. The maximum Gasteiger partial charge on any atom is 0.190 e. The molecule has 1 atom stereocenters. The van der Waals surface area contributed by atoms with E-state index in [4.69, 9.17) is 9.47 Å². The fourth-order valence-corrected chi connectivity index (χ4v) is 2.79. The summed E-state index contributed by atoms with van der Waals surface area (Å²) in [6.07, 6.45) is 4.57. The number of benzene rings is 1. The predicted molar refractivity (Wildman–Crippen MR) is 98.7 cm³/mol. The van der Waals surface area contributed by atoms with Gasteiger partial charge in [0.25, 0.3) is 0 Å². The molecule has 0 saturated carbocycles. The van der Waals surface area contributed by atoms with Crippen molar-refractivity contribution < 1.29 is 9.47 Å². The standard InChI is InChI=1S/C19H31N3O2/c1-16-6-3-7-17(14-16)9-11-22-19(20-2)21-10-5-12-23-15-18-8-4-13-24-18/h3,6-7,14,18H,4-5,8-13,15H2,1-2H3,(H2,20,21,22). The molecule has 1 heterocycles. The highest BCUT2D eigenvalue weighted by Gasteiger charge is 2.14. The van der Waals surface area contributed by atoms with Crippen LogP contribution in [0, 0.1) is 6.92 Å². The molecule has 1 aliphatic heterocycles. The molecule has 0 amide bonds. The van der Waals surface area contributed by atoms with E-state index in [0.717, 1.165) is 58.1 Å². The molecule has 0 aromatic heterocycles. The van der Waals surface area contributed by atoms with Gasteiger partial charge in [-0.3, -0.25) is 4.99 Å². The Morgan fingerprint density at radius 2 is 2.21 bits per heavy atom. The van der Waals surface area contributed by atoms with E-state index in [2.05, 4.69) is 46.8 Å². The lowest BCUT2D eigenvalue weighted by atomic mass is 10.1. The minimum Gasteiger partial charge on any atom is -0.379 e. The van der Waals surface area contributed by atoms with E-state index < -0.39 is 0 Å². The van der Waals surface area contributed by atoms with Crippen LogP contribution in [0.2, 0.25) is 0 Å². The van der Waals surface area contributed by atoms with Crippen LogP contribution in [0.1, 0.15) is 30.4 Å². The average Bonchev–Trinajstić information content (AvgIpc) is 3.09. The zero-order valence-corrected chi connectivity index (χ0v) is 15.0. The highest BCUT2D eigenvalue weighted by atomic mass is 16.5. The first-order valence-corrected chi connectivity index (χ1v) is 8.97. The molecule has 0 spiro atoms. The van der Waals surface area contributed by atoms with Gasteiger partial charge in [0, 0.05) is 33.4 Å². The summed E-state index contributed by atoms with van der Waals surface area (Å²) in [5, 5.41) is 6.67. The third-order valence-electron chi connectivity index (χ3n) is 4.10. The van der Waals surface area contributed by atoms with Crippen LogP contribution in [-0.4, -0.2) is 52.0 Å². The van der Waals surface area contributed by atoms with E-state index in [-0.39, 0.29) is 0 Å². The first-order chi connectivity index (χ1) is 11.8. The lowest BCUT2D eigenvalue weighted by molar-refractivity contribution is 0.0168. The van der Waals surface area contributed by atoms with Crippen molar-refractivity contribution in [2.75, 3.05) is 40.0 Å². The normalized spacial score (nSPS) is 17.9.